The smallest absolute Gasteiger partial charge is 0.0512 e. The molecule has 0 saturated carbocycles. The Morgan fingerprint density at radius 3 is 2.54 bits per heavy atom. The highest BCUT2D eigenvalue weighted by atomic mass is 31.1. The number of hydrogen-bond donors (Lipinski definition) is 0. The van der Waals surface area contributed by atoms with E-state index in [1.165, 1.54) is 5.30 Å². The molecule has 0 bridgehead atoms. The molecule has 1 unspecified atom stereocenters. The molecule has 0 heterocycles. The highest BCUT2D eigenvalue weighted by molar-refractivity contribution is 7.41. The Kier molecular flexibility index (Phi) is 5.03. The van der Waals surface area contributed by atoms with Crippen LogP contribution in [0.1, 0.15) is 20.3 Å². The van der Waals surface area contributed by atoms with Gasteiger partial charge in [0.05, 0.1) is 6.61 Å². The Morgan fingerprint density at radius 2 is 1.92 bits per heavy atom. The fourth-order valence-electron chi connectivity index (χ4n) is 0.935. The van der Waals surface area contributed by atoms with Gasteiger partial charge in [-0.1, -0.05) is 44.2 Å². The van der Waals surface area contributed by atoms with Crippen molar-refractivity contribution >= 4 is 14.1 Å². The molecule has 1 rings (SSSR count). The van der Waals surface area contributed by atoms with Gasteiger partial charge in [-0.2, -0.15) is 0 Å². The Labute approximate surface area is 82.4 Å². The van der Waals surface area contributed by atoms with Crippen molar-refractivity contribution < 1.29 is 4.52 Å². The van der Waals surface area contributed by atoms with Crippen LogP contribution in [0.4, 0.5) is 0 Å². The molecule has 1 atom stereocenters. The van der Waals surface area contributed by atoms with Crippen LogP contribution in [0, 0.1) is 5.92 Å². The van der Waals surface area contributed by atoms with Crippen molar-refractivity contribution in [1.82, 2.24) is 0 Å². The second kappa shape index (κ2) is 6.12. The molecule has 0 amide bonds. The van der Waals surface area contributed by atoms with Crippen molar-refractivity contribution in [3.8, 4) is 0 Å². The number of rotatable bonds is 5. The van der Waals surface area contributed by atoms with Crippen LogP contribution in [0.5, 0.6) is 0 Å². The SMILES string of the molecule is CC(C)CCOPc1ccccc1. The molecule has 0 radical (unpaired) electrons. The fourth-order valence-corrected chi connectivity index (χ4v) is 1.65. The summed E-state index contributed by atoms with van der Waals surface area (Å²) in [5.41, 5.74) is 0. The van der Waals surface area contributed by atoms with Gasteiger partial charge in [0, 0.05) is 8.81 Å². The van der Waals surface area contributed by atoms with Crippen LogP contribution in [0.25, 0.3) is 0 Å². The van der Waals surface area contributed by atoms with Crippen LogP contribution in [0.3, 0.4) is 0 Å². The Bertz CT molecular complexity index is 221. The maximum atomic E-state index is 5.56. The maximum Gasteiger partial charge on any atom is 0.0512 e. The lowest BCUT2D eigenvalue weighted by molar-refractivity contribution is 0.329. The molecule has 2 heteroatoms. The van der Waals surface area contributed by atoms with Gasteiger partial charge >= 0.3 is 0 Å². The summed E-state index contributed by atoms with van der Waals surface area (Å²) < 4.78 is 5.56. The molecule has 1 nitrogen and oxygen atoms in total. The summed E-state index contributed by atoms with van der Waals surface area (Å²) in [6.45, 7) is 5.31. The molecule has 0 N–H and O–H groups in total. The molecule has 0 aliphatic carbocycles. The van der Waals surface area contributed by atoms with Crippen LogP contribution in [-0.2, 0) is 4.52 Å². The zero-order valence-corrected chi connectivity index (χ0v) is 9.29. The quantitative estimate of drug-likeness (QED) is 0.519. The molecule has 13 heavy (non-hydrogen) atoms. The van der Waals surface area contributed by atoms with E-state index < -0.39 is 0 Å². The van der Waals surface area contributed by atoms with Crippen molar-refractivity contribution in [1.29, 1.82) is 0 Å². The summed E-state index contributed by atoms with van der Waals surface area (Å²) in [7, 11) is 0.504. The van der Waals surface area contributed by atoms with Gasteiger partial charge < -0.3 is 4.52 Å². The summed E-state index contributed by atoms with van der Waals surface area (Å²) in [4.78, 5) is 0. The first-order valence-electron chi connectivity index (χ1n) is 4.72. The molecule has 72 valence electrons. The van der Waals surface area contributed by atoms with Gasteiger partial charge in [-0.05, 0) is 17.6 Å². The van der Waals surface area contributed by atoms with E-state index in [2.05, 4.69) is 26.0 Å². The predicted molar refractivity (Wildman–Crippen MR) is 59.8 cm³/mol. The van der Waals surface area contributed by atoms with E-state index in [1.807, 2.05) is 18.2 Å². The van der Waals surface area contributed by atoms with E-state index in [-0.39, 0.29) is 0 Å². The van der Waals surface area contributed by atoms with Gasteiger partial charge in [-0.25, -0.2) is 0 Å². The zero-order valence-electron chi connectivity index (χ0n) is 8.29. The van der Waals surface area contributed by atoms with Crippen molar-refractivity contribution in [2.24, 2.45) is 5.92 Å². The Balaban J connectivity index is 2.13. The average Bonchev–Trinajstić information content (AvgIpc) is 2.14. The first-order valence-corrected chi connectivity index (χ1v) is 5.62. The van der Waals surface area contributed by atoms with Crippen LogP contribution in [0.15, 0.2) is 30.3 Å². The van der Waals surface area contributed by atoms with Crippen molar-refractivity contribution in [3.63, 3.8) is 0 Å². The third kappa shape index (κ3) is 5.02. The van der Waals surface area contributed by atoms with E-state index >= 15 is 0 Å². The lowest BCUT2D eigenvalue weighted by Crippen LogP contribution is -1.97. The van der Waals surface area contributed by atoms with Gasteiger partial charge in [0.1, 0.15) is 0 Å². The summed E-state index contributed by atoms with van der Waals surface area (Å²) in [5, 5.41) is 1.28. The minimum absolute atomic E-state index is 0.504. The normalized spacial score (nSPS) is 11.6. The first-order chi connectivity index (χ1) is 6.29. The number of hydrogen-bond acceptors (Lipinski definition) is 1. The molecule has 0 aliphatic rings. The van der Waals surface area contributed by atoms with E-state index in [0.29, 0.717) is 8.81 Å². The van der Waals surface area contributed by atoms with Crippen LogP contribution in [0.2, 0.25) is 0 Å². The highest BCUT2D eigenvalue weighted by Crippen LogP contribution is 2.13. The lowest BCUT2D eigenvalue weighted by Gasteiger charge is -2.05. The summed E-state index contributed by atoms with van der Waals surface area (Å²) in [6, 6.07) is 10.3. The topological polar surface area (TPSA) is 9.23 Å². The molecular weight excluding hydrogens is 179 g/mol. The van der Waals surface area contributed by atoms with Crippen molar-refractivity contribution in [3.05, 3.63) is 30.3 Å². The lowest BCUT2D eigenvalue weighted by atomic mass is 10.2. The Morgan fingerprint density at radius 1 is 1.23 bits per heavy atom. The standard InChI is InChI=1S/C11H17OP/c1-10(2)8-9-12-13-11-6-4-3-5-7-11/h3-7,10,13H,8-9H2,1-2H3. The molecule has 0 aliphatic heterocycles. The summed E-state index contributed by atoms with van der Waals surface area (Å²) in [6.07, 6.45) is 1.15. The second-order valence-corrected chi connectivity index (χ2v) is 4.57. The second-order valence-electron chi connectivity index (χ2n) is 3.50. The largest absolute Gasteiger partial charge is 0.358 e. The number of benzene rings is 1. The molecule has 0 fully saturated rings. The highest BCUT2D eigenvalue weighted by Gasteiger charge is 1.94. The molecule has 1 aromatic carbocycles. The van der Waals surface area contributed by atoms with E-state index in [1.54, 1.807) is 0 Å². The van der Waals surface area contributed by atoms with Gasteiger partial charge in [-0.15, -0.1) is 0 Å². The minimum atomic E-state index is 0.504. The van der Waals surface area contributed by atoms with E-state index in [9.17, 15) is 0 Å². The summed E-state index contributed by atoms with van der Waals surface area (Å²) in [5.74, 6) is 0.737. The summed E-state index contributed by atoms with van der Waals surface area (Å²) >= 11 is 0. The minimum Gasteiger partial charge on any atom is -0.358 e. The van der Waals surface area contributed by atoms with Gasteiger partial charge in [0.25, 0.3) is 0 Å². The average molecular weight is 196 g/mol. The van der Waals surface area contributed by atoms with Gasteiger partial charge in [0.15, 0.2) is 0 Å². The zero-order chi connectivity index (χ0) is 9.52. The predicted octanol–water partition coefficient (Wildman–Crippen LogP) is 2.97. The maximum absolute atomic E-state index is 5.56. The Hall–Kier alpha value is -0.390. The third-order valence-corrected chi connectivity index (χ3v) is 2.68. The molecule has 0 saturated heterocycles. The van der Waals surface area contributed by atoms with Crippen LogP contribution >= 0.6 is 8.81 Å². The fraction of sp³-hybridized carbons (Fsp3) is 0.455. The van der Waals surface area contributed by atoms with Crippen molar-refractivity contribution in [2.75, 3.05) is 6.61 Å². The van der Waals surface area contributed by atoms with E-state index in [4.69, 9.17) is 4.52 Å². The molecule has 0 aromatic heterocycles. The molecule has 0 spiro atoms. The van der Waals surface area contributed by atoms with E-state index in [0.717, 1.165) is 18.9 Å². The van der Waals surface area contributed by atoms with Crippen LogP contribution in [-0.4, -0.2) is 6.61 Å². The van der Waals surface area contributed by atoms with Crippen molar-refractivity contribution in [2.45, 2.75) is 20.3 Å². The molecular formula is C11H17OP. The third-order valence-electron chi connectivity index (χ3n) is 1.76. The van der Waals surface area contributed by atoms with Gasteiger partial charge in [-0.3, -0.25) is 0 Å². The monoisotopic (exact) mass is 196 g/mol. The first kappa shape index (κ1) is 10.7. The molecule has 1 aromatic rings. The van der Waals surface area contributed by atoms with Gasteiger partial charge in [0.2, 0.25) is 0 Å². The van der Waals surface area contributed by atoms with Crippen LogP contribution < -0.4 is 5.30 Å².